The highest BCUT2D eigenvalue weighted by Crippen LogP contribution is 2.31. The van der Waals surface area contributed by atoms with E-state index >= 15 is 0 Å². The van der Waals surface area contributed by atoms with Gasteiger partial charge in [0.15, 0.2) is 11.6 Å². The van der Waals surface area contributed by atoms with Crippen LogP contribution in [0.5, 0.6) is 0 Å². The van der Waals surface area contributed by atoms with Gasteiger partial charge in [0.2, 0.25) is 0 Å². The van der Waals surface area contributed by atoms with Crippen LogP contribution in [0.2, 0.25) is 0 Å². The molecule has 3 N–H and O–H groups in total. The number of anilines is 3. The summed E-state index contributed by atoms with van der Waals surface area (Å²) in [6, 6.07) is 6.13. The fourth-order valence-corrected chi connectivity index (χ4v) is 2.12. The van der Waals surface area contributed by atoms with E-state index in [0.717, 1.165) is 0 Å². The molecule has 0 aliphatic heterocycles. The number of benzene rings is 2. The van der Waals surface area contributed by atoms with Crippen LogP contribution in [0.4, 0.5) is 30.2 Å². The quantitative estimate of drug-likeness (QED) is 0.702. The van der Waals surface area contributed by atoms with Crippen LogP contribution < -0.4 is 11.1 Å². The first-order valence-electron chi connectivity index (χ1n) is 6.10. The fraction of sp³-hybridized carbons (Fsp3) is 0. The number of fused-ring (bicyclic) bond motifs is 1. The summed E-state index contributed by atoms with van der Waals surface area (Å²) in [5.41, 5.74) is 6.37. The fourth-order valence-electron chi connectivity index (χ4n) is 2.12. The van der Waals surface area contributed by atoms with Gasteiger partial charge < -0.3 is 11.1 Å². The number of hydrogen-bond acceptors (Lipinski definition) is 3. The third-order valence-corrected chi connectivity index (χ3v) is 3.12. The van der Waals surface area contributed by atoms with E-state index in [-0.39, 0.29) is 0 Å². The van der Waals surface area contributed by atoms with Crippen LogP contribution in [-0.4, -0.2) is 4.98 Å². The minimum atomic E-state index is -1.01. The van der Waals surface area contributed by atoms with Crippen molar-refractivity contribution >= 4 is 27.8 Å². The minimum Gasteiger partial charge on any atom is -0.398 e. The number of nitrogens with zero attached hydrogens (tertiary/aromatic N) is 1. The van der Waals surface area contributed by atoms with Gasteiger partial charge in [0.05, 0.1) is 0 Å². The summed E-state index contributed by atoms with van der Waals surface area (Å²) in [6.45, 7) is 0. The Balaban J connectivity index is 2.13. The SMILES string of the molecule is Nc1ccc(Nc2c(F)cc(F)cc2F)c2cnccc12. The van der Waals surface area contributed by atoms with Crippen LogP contribution in [0.15, 0.2) is 42.7 Å². The second kappa shape index (κ2) is 4.97. The Morgan fingerprint density at radius 3 is 2.38 bits per heavy atom. The van der Waals surface area contributed by atoms with E-state index < -0.39 is 23.1 Å². The van der Waals surface area contributed by atoms with E-state index in [1.54, 1.807) is 24.4 Å². The molecule has 0 atom stereocenters. The molecule has 3 nitrogen and oxygen atoms in total. The molecule has 0 spiro atoms. The topological polar surface area (TPSA) is 50.9 Å². The number of pyridine rings is 1. The second-order valence-corrected chi connectivity index (χ2v) is 4.49. The summed E-state index contributed by atoms with van der Waals surface area (Å²) in [4.78, 5) is 3.97. The van der Waals surface area contributed by atoms with Crippen molar-refractivity contribution in [2.24, 2.45) is 0 Å². The molecule has 21 heavy (non-hydrogen) atoms. The summed E-state index contributed by atoms with van der Waals surface area (Å²) >= 11 is 0. The highest BCUT2D eigenvalue weighted by atomic mass is 19.1. The predicted octanol–water partition coefficient (Wildman–Crippen LogP) is 3.98. The van der Waals surface area contributed by atoms with E-state index in [1.165, 1.54) is 6.20 Å². The lowest BCUT2D eigenvalue weighted by atomic mass is 10.1. The van der Waals surface area contributed by atoms with E-state index in [9.17, 15) is 13.2 Å². The maximum atomic E-state index is 13.7. The Labute approximate surface area is 118 Å². The molecule has 1 heterocycles. The van der Waals surface area contributed by atoms with E-state index in [1.807, 2.05) is 0 Å². The second-order valence-electron chi connectivity index (χ2n) is 4.49. The molecule has 0 saturated heterocycles. The Hall–Kier alpha value is -2.76. The lowest BCUT2D eigenvalue weighted by molar-refractivity contribution is 0.549. The van der Waals surface area contributed by atoms with Crippen LogP contribution >= 0.6 is 0 Å². The van der Waals surface area contributed by atoms with Gasteiger partial charge >= 0.3 is 0 Å². The third-order valence-electron chi connectivity index (χ3n) is 3.12. The molecule has 2 aromatic carbocycles. The number of nitrogens with two attached hydrogens (primary N) is 1. The third kappa shape index (κ3) is 2.35. The van der Waals surface area contributed by atoms with E-state index in [4.69, 9.17) is 5.73 Å². The maximum absolute atomic E-state index is 13.7. The highest BCUT2D eigenvalue weighted by molar-refractivity contribution is 6.01. The zero-order valence-electron chi connectivity index (χ0n) is 10.7. The molecule has 0 bridgehead atoms. The molecule has 0 unspecified atom stereocenters. The summed E-state index contributed by atoms with van der Waals surface area (Å²) < 4.78 is 40.3. The summed E-state index contributed by atoms with van der Waals surface area (Å²) in [6.07, 6.45) is 3.11. The van der Waals surface area contributed by atoms with Crippen molar-refractivity contribution in [3.8, 4) is 0 Å². The van der Waals surface area contributed by atoms with Gasteiger partial charge in [0, 0.05) is 46.7 Å². The molecule has 0 aliphatic rings. The molecule has 0 saturated carbocycles. The van der Waals surface area contributed by atoms with Gasteiger partial charge in [0.25, 0.3) is 0 Å². The largest absolute Gasteiger partial charge is 0.398 e. The molecular formula is C15H10F3N3. The molecule has 0 amide bonds. The van der Waals surface area contributed by atoms with Gasteiger partial charge in [-0.05, 0) is 18.2 Å². The number of halogens is 3. The first-order valence-corrected chi connectivity index (χ1v) is 6.10. The van der Waals surface area contributed by atoms with E-state index in [2.05, 4.69) is 10.3 Å². The summed E-state index contributed by atoms with van der Waals surface area (Å²) in [7, 11) is 0. The van der Waals surface area contributed by atoms with Crippen molar-refractivity contribution in [1.82, 2.24) is 4.98 Å². The standard InChI is InChI=1S/C15H10F3N3/c16-8-5-11(17)15(12(18)6-8)21-14-2-1-13(19)9-3-4-20-7-10(9)14/h1-7,21H,19H2. The average Bonchev–Trinajstić information content (AvgIpc) is 2.45. The molecule has 0 fully saturated rings. The monoisotopic (exact) mass is 289 g/mol. The van der Waals surface area contributed by atoms with Gasteiger partial charge in [-0.2, -0.15) is 0 Å². The smallest absolute Gasteiger partial charge is 0.152 e. The Kier molecular flexibility index (Phi) is 3.13. The van der Waals surface area contributed by atoms with Crippen LogP contribution in [0.3, 0.4) is 0 Å². The average molecular weight is 289 g/mol. The molecular weight excluding hydrogens is 279 g/mol. The first-order chi connectivity index (χ1) is 10.1. The number of aromatic nitrogens is 1. The number of nitrogens with one attached hydrogen (secondary N) is 1. The highest BCUT2D eigenvalue weighted by Gasteiger charge is 2.13. The van der Waals surface area contributed by atoms with Crippen molar-refractivity contribution in [2.75, 3.05) is 11.1 Å². The molecule has 0 radical (unpaired) electrons. The predicted molar refractivity (Wildman–Crippen MR) is 75.8 cm³/mol. The lowest BCUT2D eigenvalue weighted by Gasteiger charge is -2.12. The van der Waals surface area contributed by atoms with Crippen molar-refractivity contribution in [3.05, 3.63) is 60.2 Å². The van der Waals surface area contributed by atoms with Gasteiger partial charge in [0.1, 0.15) is 11.5 Å². The molecule has 3 aromatic rings. The van der Waals surface area contributed by atoms with Crippen LogP contribution in [0.1, 0.15) is 0 Å². The molecule has 1 aromatic heterocycles. The van der Waals surface area contributed by atoms with Crippen LogP contribution in [0, 0.1) is 17.5 Å². The molecule has 6 heteroatoms. The number of hydrogen-bond donors (Lipinski definition) is 2. The lowest BCUT2D eigenvalue weighted by Crippen LogP contribution is -2.00. The Bertz CT molecular complexity index is 811. The van der Waals surface area contributed by atoms with Gasteiger partial charge in [-0.15, -0.1) is 0 Å². The molecule has 106 valence electrons. The summed E-state index contributed by atoms with van der Waals surface area (Å²) in [5, 5.41) is 3.94. The van der Waals surface area contributed by atoms with Crippen molar-refractivity contribution in [1.29, 1.82) is 0 Å². The Morgan fingerprint density at radius 1 is 0.952 bits per heavy atom. The normalized spacial score (nSPS) is 10.8. The molecule has 3 rings (SSSR count). The summed E-state index contributed by atoms with van der Waals surface area (Å²) in [5.74, 6) is -3.00. The zero-order valence-corrected chi connectivity index (χ0v) is 10.7. The number of nitrogen functional groups attached to an aromatic ring is 1. The Morgan fingerprint density at radius 2 is 1.67 bits per heavy atom. The van der Waals surface area contributed by atoms with Gasteiger partial charge in [-0.25, -0.2) is 13.2 Å². The van der Waals surface area contributed by atoms with E-state index in [0.29, 0.717) is 34.3 Å². The van der Waals surface area contributed by atoms with Crippen molar-refractivity contribution < 1.29 is 13.2 Å². The van der Waals surface area contributed by atoms with Crippen molar-refractivity contribution in [2.45, 2.75) is 0 Å². The first kappa shape index (κ1) is 13.2. The van der Waals surface area contributed by atoms with Gasteiger partial charge in [-0.3, -0.25) is 4.98 Å². The van der Waals surface area contributed by atoms with Crippen molar-refractivity contribution in [3.63, 3.8) is 0 Å². The van der Waals surface area contributed by atoms with Crippen LogP contribution in [0.25, 0.3) is 10.8 Å². The van der Waals surface area contributed by atoms with Crippen LogP contribution in [-0.2, 0) is 0 Å². The maximum Gasteiger partial charge on any atom is 0.152 e. The van der Waals surface area contributed by atoms with Gasteiger partial charge in [-0.1, -0.05) is 0 Å². The number of rotatable bonds is 2. The minimum absolute atomic E-state index is 0.425. The molecule has 0 aliphatic carbocycles. The zero-order chi connectivity index (χ0) is 15.0.